The van der Waals surface area contributed by atoms with Crippen molar-refractivity contribution in [3.8, 4) is 0 Å². The van der Waals surface area contributed by atoms with E-state index in [1.54, 1.807) is 29.2 Å². The van der Waals surface area contributed by atoms with Gasteiger partial charge in [-0.05, 0) is 32.4 Å². The molecule has 2 heterocycles. The Morgan fingerprint density at radius 3 is 2.55 bits per heavy atom. The highest BCUT2D eigenvalue weighted by atomic mass is 16.5. The van der Waals surface area contributed by atoms with Gasteiger partial charge in [0.25, 0.3) is 11.8 Å². The summed E-state index contributed by atoms with van der Waals surface area (Å²) >= 11 is 0. The molecule has 2 fully saturated rings. The molecule has 0 unspecified atom stereocenters. The summed E-state index contributed by atoms with van der Waals surface area (Å²) in [5, 5.41) is 5.07. The summed E-state index contributed by atoms with van der Waals surface area (Å²) in [6.07, 6.45) is 1.21. The van der Waals surface area contributed by atoms with Gasteiger partial charge in [-0.1, -0.05) is 12.1 Å². The molecule has 2 saturated heterocycles. The fraction of sp³-hybridized carbons (Fsp3) is 0.421. The minimum atomic E-state index is -1.09. The number of imide groups is 1. The molecule has 29 heavy (non-hydrogen) atoms. The summed E-state index contributed by atoms with van der Waals surface area (Å²) in [6.45, 7) is 2.44. The zero-order chi connectivity index (χ0) is 21.2. The second-order valence-electron chi connectivity index (χ2n) is 7.32. The maximum absolute atomic E-state index is 12.2. The minimum absolute atomic E-state index is 0.0189. The maximum atomic E-state index is 12.2. The lowest BCUT2D eigenvalue weighted by Crippen LogP contribution is -2.41. The normalized spacial score (nSPS) is 18.1. The molecule has 10 nitrogen and oxygen atoms in total. The van der Waals surface area contributed by atoms with E-state index in [1.165, 1.54) is 13.8 Å². The van der Waals surface area contributed by atoms with Crippen LogP contribution in [0.1, 0.15) is 26.7 Å². The SMILES string of the molecule is CC1(C)NC(=O)N(CC(=O)OCC(=O)Nc2ccccc2N2CCCC2=O)C1=O. The number of rotatable bonds is 6. The van der Waals surface area contributed by atoms with E-state index in [9.17, 15) is 24.0 Å². The molecule has 0 spiro atoms. The molecular weight excluding hydrogens is 380 g/mol. The molecule has 3 rings (SSSR count). The molecule has 0 bridgehead atoms. The number of para-hydroxylation sites is 2. The largest absolute Gasteiger partial charge is 0.454 e. The maximum Gasteiger partial charge on any atom is 0.326 e. The number of amides is 5. The van der Waals surface area contributed by atoms with Crippen LogP contribution in [0.3, 0.4) is 0 Å². The van der Waals surface area contributed by atoms with Gasteiger partial charge in [0.05, 0.1) is 11.4 Å². The number of nitrogens with zero attached hydrogens (tertiary/aromatic N) is 2. The molecule has 1 aromatic carbocycles. The standard InChI is InChI=1S/C19H22N4O6/c1-19(2)17(27)23(18(28)21-19)10-16(26)29-11-14(24)20-12-6-3-4-7-13(12)22-9-5-8-15(22)25/h3-4,6-7H,5,8-11H2,1-2H3,(H,20,24)(H,21,28). The van der Waals surface area contributed by atoms with Crippen LogP contribution < -0.4 is 15.5 Å². The van der Waals surface area contributed by atoms with E-state index in [0.29, 0.717) is 24.3 Å². The minimum Gasteiger partial charge on any atom is -0.454 e. The number of hydrogen-bond donors (Lipinski definition) is 2. The predicted molar refractivity (Wildman–Crippen MR) is 102 cm³/mol. The van der Waals surface area contributed by atoms with Crippen molar-refractivity contribution in [1.29, 1.82) is 0 Å². The lowest BCUT2D eigenvalue weighted by atomic mass is 10.1. The summed E-state index contributed by atoms with van der Waals surface area (Å²) in [5.41, 5.74) is -0.0817. The topological polar surface area (TPSA) is 125 Å². The van der Waals surface area contributed by atoms with Crippen molar-refractivity contribution in [1.82, 2.24) is 10.2 Å². The summed E-state index contributed by atoms with van der Waals surface area (Å²) in [4.78, 5) is 62.3. The van der Waals surface area contributed by atoms with Crippen molar-refractivity contribution < 1.29 is 28.7 Å². The fourth-order valence-corrected chi connectivity index (χ4v) is 3.19. The van der Waals surface area contributed by atoms with E-state index in [4.69, 9.17) is 4.74 Å². The molecule has 0 atom stereocenters. The van der Waals surface area contributed by atoms with E-state index in [0.717, 1.165) is 11.3 Å². The monoisotopic (exact) mass is 402 g/mol. The average molecular weight is 402 g/mol. The zero-order valence-corrected chi connectivity index (χ0v) is 16.2. The van der Waals surface area contributed by atoms with Gasteiger partial charge in [-0.3, -0.25) is 24.1 Å². The Morgan fingerprint density at radius 2 is 1.93 bits per heavy atom. The van der Waals surface area contributed by atoms with Crippen LogP contribution in [0.2, 0.25) is 0 Å². The highest BCUT2D eigenvalue weighted by Crippen LogP contribution is 2.29. The molecule has 5 amide bonds. The molecule has 1 aromatic rings. The number of benzene rings is 1. The van der Waals surface area contributed by atoms with Gasteiger partial charge < -0.3 is 20.3 Å². The third-order valence-electron chi connectivity index (χ3n) is 4.64. The van der Waals surface area contributed by atoms with E-state index in [1.807, 2.05) is 0 Å². The van der Waals surface area contributed by atoms with E-state index in [-0.39, 0.29) is 5.91 Å². The zero-order valence-electron chi connectivity index (χ0n) is 16.2. The molecule has 10 heteroatoms. The molecule has 154 valence electrons. The lowest BCUT2D eigenvalue weighted by molar-refractivity contribution is -0.150. The molecule has 2 N–H and O–H groups in total. The summed E-state index contributed by atoms with van der Waals surface area (Å²) in [7, 11) is 0. The molecule has 0 aliphatic carbocycles. The first-order chi connectivity index (χ1) is 13.7. The molecule has 0 saturated carbocycles. The highest BCUT2D eigenvalue weighted by molar-refractivity contribution is 6.08. The fourth-order valence-electron chi connectivity index (χ4n) is 3.19. The molecule has 2 aliphatic heterocycles. The van der Waals surface area contributed by atoms with Gasteiger partial charge in [0.1, 0.15) is 12.1 Å². The van der Waals surface area contributed by atoms with Crippen molar-refractivity contribution in [3.05, 3.63) is 24.3 Å². The summed E-state index contributed by atoms with van der Waals surface area (Å²) in [5.74, 6) is -2.05. The van der Waals surface area contributed by atoms with Crippen molar-refractivity contribution in [2.45, 2.75) is 32.2 Å². The number of ether oxygens (including phenoxy) is 1. The van der Waals surface area contributed by atoms with Gasteiger partial charge in [0, 0.05) is 13.0 Å². The van der Waals surface area contributed by atoms with Crippen LogP contribution in [-0.2, 0) is 23.9 Å². The molecular formula is C19H22N4O6. The highest BCUT2D eigenvalue weighted by Gasteiger charge is 2.45. The summed E-state index contributed by atoms with van der Waals surface area (Å²) in [6, 6.07) is 6.16. The Bertz CT molecular complexity index is 881. The first kappa shape index (κ1) is 20.3. The van der Waals surface area contributed by atoms with Crippen LogP contribution in [0, 0.1) is 0 Å². The first-order valence-electron chi connectivity index (χ1n) is 9.18. The second kappa shape index (κ2) is 7.90. The number of carbonyl (C=O) groups is 5. The van der Waals surface area contributed by atoms with Gasteiger partial charge in [0.15, 0.2) is 6.61 Å². The predicted octanol–water partition coefficient (Wildman–Crippen LogP) is 0.625. The molecule has 2 aliphatic rings. The lowest BCUT2D eigenvalue weighted by Gasteiger charge is -2.20. The first-order valence-corrected chi connectivity index (χ1v) is 9.18. The van der Waals surface area contributed by atoms with E-state index in [2.05, 4.69) is 10.6 Å². The van der Waals surface area contributed by atoms with Crippen LogP contribution >= 0.6 is 0 Å². The number of hydrogen-bond acceptors (Lipinski definition) is 6. The molecule has 0 radical (unpaired) electrons. The number of urea groups is 1. The average Bonchev–Trinajstić information content (AvgIpc) is 3.16. The number of anilines is 2. The Kier molecular flexibility index (Phi) is 5.53. The van der Waals surface area contributed by atoms with Crippen LogP contribution in [0.25, 0.3) is 0 Å². The van der Waals surface area contributed by atoms with Crippen LogP contribution in [-0.4, -0.2) is 59.9 Å². The van der Waals surface area contributed by atoms with Crippen LogP contribution in [0.15, 0.2) is 24.3 Å². The number of esters is 1. The quantitative estimate of drug-likeness (QED) is 0.531. The van der Waals surface area contributed by atoms with E-state index >= 15 is 0 Å². The Balaban J connectivity index is 1.54. The van der Waals surface area contributed by atoms with Gasteiger partial charge in [-0.2, -0.15) is 0 Å². The van der Waals surface area contributed by atoms with Gasteiger partial charge in [-0.15, -0.1) is 0 Å². The smallest absolute Gasteiger partial charge is 0.326 e. The second-order valence-corrected chi connectivity index (χ2v) is 7.32. The Hall–Kier alpha value is -3.43. The van der Waals surface area contributed by atoms with Gasteiger partial charge >= 0.3 is 12.0 Å². The summed E-state index contributed by atoms with van der Waals surface area (Å²) < 4.78 is 4.88. The number of carbonyl (C=O) groups excluding carboxylic acids is 5. The van der Waals surface area contributed by atoms with Crippen LogP contribution in [0.5, 0.6) is 0 Å². The van der Waals surface area contributed by atoms with Crippen molar-refractivity contribution in [2.24, 2.45) is 0 Å². The Morgan fingerprint density at radius 1 is 1.21 bits per heavy atom. The van der Waals surface area contributed by atoms with E-state index < -0.39 is 42.5 Å². The third-order valence-corrected chi connectivity index (χ3v) is 4.64. The van der Waals surface area contributed by atoms with Crippen molar-refractivity contribution in [3.63, 3.8) is 0 Å². The van der Waals surface area contributed by atoms with Crippen molar-refractivity contribution >= 4 is 41.1 Å². The van der Waals surface area contributed by atoms with Crippen molar-refractivity contribution in [2.75, 3.05) is 29.9 Å². The number of nitrogens with one attached hydrogen (secondary N) is 2. The molecule has 0 aromatic heterocycles. The van der Waals surface area contributed by atoms with Gasteiger partial charge in [0.2, 0.25) is 5.91 Å². The van der Waals surface area contributed by atoms with Gasteiger partial charge in [-0.25, -0.2) is 4.79 Å². The third kappa shape index (κ3) is 4.36. The Labute approximate surface area is 167 Å². The van der Waals surface area contributed by atoms with Crippen LogP contribution in [0.4, 0.5) is 16.2 Å².